The Bertz CT molecular complexity index is 532. The van der Waals surface area contributed by atoms with Gasteiger partial charge in [-0.1, -0.05) is 19.8 Å². The molecule has 0 radical (unpaired) electrons. The highest BCUT2D eigenvalue weighted by Gasteiger charge is 2.42. The van der Waals surface area contributed by atoms with Gasteiger partial charge in [0.2, 0.25) is 5.95 Å². The fourth-order valence-electron chi connectivity index (χ4n) is 4.48. The molecule has 1 unspecified atom stereocenters. The molecule has 4 N–H and O–H groups in total. The van der Waals surface area contributed by atoms with Crippen molar-refractivity contribution in [2.45, 2.75) is 69.7 Å². The van der Waals surface area contributed by atoms with E-state index in [1.807, 2.05) is 0 Å². The van der Waals surface area contributed by atoms with Gasteiger partial charge in [-0.25, -0.2) is 4.98 Å². The molecule has 1 aromatic heterocycles. The number of likely N-dealkylation sites (N-methyl/N-ethyl adjacent to an activating group) is 1. The van der Waals surface area contributed by atoms with E-state index in [1.54, 1.807) is 0 Å². The van der Waals surface area contributed by atoms with E-state index in [0.717, 1.165) is 18.7 Å². The Labute approximate surface area is 133 Å². The summed E-state index contributed by atoms with van der Waals surface area (Å²) in [5.74, 6) is 1.44. The van der Waals surface area contributed by atoms with Crippen LogP contribution < -0.4 is 16.4 Å². The molecule has 1 saturated carbocycles. The first-order valence-electron chi connectivity index (χ1n) is 8.71. The summed E-state index contributed by atoms with van der Waals surface area (Å²) in [4.78, 5) is 11.5. The van der Waals surface area contributed by atoms with Gasteiger partial charge in [0, 0.05) is 30.6 Å². The second kappa shape index (κ2) is 6.03. The monoisotopic (exact) mass is 303 g/mol. The SMILES string of the molecule is CCC(CN)N(C)c1nc(N)nc2c1CCCC21CCCC1. The van der Waals surface area contributed by atoms with Gasteiger partial charge in [-0.2, -0.15) is 4.98 Å². The highest BCUT2D eigenvalue weighted by molar-refractivity contribution is 5.55. The number of rotatable bonds is 4. The molecule has 3 rings (SSSR count). The topological polar surface area (TPSA) is 81.1 Å². The van der Waals surface area contributed by atoms with E-state index in [4.69, 9.17) is 16.5 Å². The van der Waals surface area contributed by atoms with E-state index in [0.29, 0.717) is 18.5 Å². The van der Waals surface area contributed by atoms with Gasteiger partial charge >= 0.3 is 0 Å². The Morgan fingerprint density at radius 1 is 1.18 bits per heavy atom. The Hall–Kier alpha value is -1.36. The maximum absolute atomic E-state index is 6.07. The van der Waals surface area contributed by atoms with Gasteiger partial charge in [0.15, 0.2) is 0 Å². The van der Waals surface area contributed by atoms with Gasteiger partial charge in [-0.05, 0) is 38.5 Å². The molecule has 0 amide bonds. The second-order valence-electron chi connectivity index (χ2n) is 6.98. The van der Waals surface area contributed by atoms with Crippen LogP contribution in [0, 0.1) is 0 Å². The lowest BCUT2D eigenvalue weighted by molar-refractivity contribution is 0.357. The number of nitrogen functional groups attached to an aromatic ring is 1. The average molecular weight is 303 g/mol. The van der Waals surface area contributed by atoms with Crippen molar-refractivity contribution in [2.24, 2.45) is 5.73 Å². The van der Waals surface area contributed by atoms with Gasteiger partial charge in [0.1, 0.15) is 5.82 Å². The summed E-state index contributed by atoms with van der Waals surface area (Å²) in [6.45, 7) is 2.81. The van der Waals surface area contributed by atoms with Gasteiger partial charge in [0.05, 0.1) is 5.69 Å². The third-order valence-corrected chi connectivity index (χ3v) is 5.77. The molecule has 2 aliphatic rings. The molecular formula is C17H29N5. The largest absolute Gasteiger partial charge is 0.368 e. The molecule has 5 heteroatoms. The summed E-state index contributed by atoms with van der Waals surface area (Å²) in [5, 5.41) is 0. The third kappa shape index (κ3) is 2.45. The number of fused-ring (bicyclic) bond motifs is 2. The van der Waals surface area contributed by atoms with Crippen molar-refractivity contribution in [3.63, 3.8) is 0 Å². The minimum atomic E-state index is 0.269. The van der Waals surface area contributed by atoms with E-state index < -0.39 is 0 Å². The van der Waals surface area contributed by atoms with Crippen molar-refractivity contribution in [1.29, 1.82) is 0 Å². The second-order valence-corrected chi connectivity index (χ2v) is 6.98. The third-order valence-electron chi connectivity index (χ3n) is 5.77. The van der Waals surface area contributed by atoms with Crippen LogP contribution >= 0.6 is 0 Å². The predicted molar refractivity (Wildman–Crippen MR) is 91.1 cm³/mol. The highest BCUT2D eigenvalue weighted by atomic mass is 15.2. The summed E-state index contributed by atoms with van der Waals surface area (Å²) in [7, 11) is 2.10. The Kier molecular flexibility index (Phi) is 4.26. The summed E-state index contributed by atoms with van der Waals surface area (Å²) in [6, 6.07) is 0.305. The number of aromatic nitrogens is 2. The Morgan fingerprint density at radius 2 is 1.86 bits per heavy atom. The smallest absolute Gasteiger partial charge is 0.222 e. The lowest BCUT2D eigenvalue weighted by Gasteiger charge is -2.37. The predicted octanol–water partition coefficient (Wildman–Crippen LogP) is 2.38. The van der Waals surface area contributed by atoms with Crippen LogP contribution in [-0.2, 0) is 11.8 Å². The van der Waals surface area contributed by atoms with Gasteiger partial charge in [-0.15, -0.1) is 0 Å². The molecule has 0 saturated heterocycles. The van der Waals surface area contributed by atoms with E-state index in [2.05, 4.69) is 23.9 Å². The van der Waals surface area contributed by atoms with Crippen molar-refractivity contribution in [3.05, 3.63) is 11.3 Å². The number of hydrogen-bond donors (Lipinski definition) is 2. The maximum Gasteiger partial charge on any atom is 0.222 e. The van der Waals surface area contributed by atoms with Crippen LogP contribution in [-0.4, -0.2) is 29.6 Å². The summed E-state index contributed by atoms with van der Waals surface area (Å²) in [5.41, 5.74) is 14.9. The Balaban J connectivity index is 2.07. The fourth-order valence-corrected chi connectivity index (χ4v) is 4.48. The molecule has 0 bridgehead atoms. The van der Waals surface area contributed by atoms with Crippen LogP contribution in [0.5, 0.6) is 0 Å². The molecule has 0 aromatic carbocycles. The van der Waals surface area contributed by atoms with E-state index in [-0.39, 0.29) is 5.41 Å². The molecule has 1 heterocycles. The molecule has 122 valence electrons. The summed E-state index contributed by atoms with van der Waals surface area (Å²) < 4.78 is 0. The van der Waals surface area contributed by atoms with Crippen LogP contribution in [0.25, 0.3) is 0 Å². The molecule has 5 nitrogen and oxygen atoms in total. The molecule has 2 aliphatic carbocycles. The highest BCUT2D eigenvalue weighted by Crippen LogP contribution is 2.49. The zero-order valence-corrected chi connectivity index (χ0v) is 13.9. The van der Waals surface area contributed by atoms with Crippen LogP contribution in [0.4, 0.5) is 11.8 Å². The number of hydrogen-bond acceptors (Lipinski definition) is 5. The first-order valence-corrected chi connectivity index (χ1v) is 8.71. The van der Waals surface area contributed by atoms with Crippen molar-refractivity contribution < 1.29 is 0 Å². The quantitative estimate of drug-likeness (QED) is 0.892. The van der Waals surface area contributed by atoms with Gasteiger partial charge in [-0.3, -0.25) is 0 Å². The first-order chi connectivity index (χ1) is 10.6. The van der Waals surface area contributed by atoms with Gasteiger partial charge in [0.25, 0.3) is 0 Å². The lowest BCUT2D eigenvalue weighted by Crippen LogP contribution is -2.40. The molecule has 1 atom stereocenters. The molecule has 0 aliphatic heterocycles. The molecular weight excluding hydrogens is 274 g/mol. The minimum absolute atomic E-state index is 0.269. The molecule has 1 aromatic rings. The van der Waals surface area contributed by atoms with Crippen LogP contribution in [0.15, 0.2) is 0 Å². The minimum Gasteiger partial charge on any atom is -0.368 e. The van der Waals surface area contributed by atoms with E-state index in [1.165, 1.54) is 49.8 Å². The lowest BCUT2D eigenvalue weighted by atomic mass is 9.71. The van der Waals surface area contributed by atoms with Crippen molar-refractivity contribution in [3.8, 4) is 0 Å². The standard InChI is InChI=1S/C17H29N5/c1-3-12(11-18)22(2)15-13-7-6-10-17(8-4-5-9-17)14(13)20-16(19)21-15/h12H,3-11,18H2,1-2H3,(H2,19,20,21). The number of nitrogens with zero attached hydrogens (tertiary/aromatic N) is 3. The van der Waals surface area contributed by atoms with Crippen LogP contribution in [0.3, 0.4) is 0 Å². The van der Waals surface area contributed by atoms with Crippen molar-refractivity contribution >= 4 is 11.8 Å². The average Bonchev–Trinajstić information content (AvgIpc) is 2.98. The van der Waals surface area contributed by atoms with Gasteiger partial charge < -0.3 is 16.4 Å². The number of anilines is 2. The molecule has 22 heavy (non-hydrogen) atoms. The van der Waals surface area contributed by atoms with E-state index >= 15 is 0 Å². The van der Waals surface area contributed by atoms with E-state index in [9.17, 15) is 0 Å². The maximum atomic E-state index is 6.07. The first kappa shape index (κ1) is 15.5. The molecule has 1 spiro atoms. The van der Waals surface area contributed by atoms with Crippen molar-refractivity contribution in [1.82, 2.24) is 9.97 Å². The molecule has 1 fully saturated rings. The van der Waals surface area contributed by atoms with Crippen LogP contribution in [0.2, 0.25) is 0 Å². The Morgan fingerprint density at radius 3 is 2.50 bits per heavy atom. The summed E-state index contributed by atoms with van der Waals surface area (Å²) >= 11 is 0. The van der Waals surface area contributed by atoms with Crippen molar-refractivity contribution in [2.75, 3.05) is 24.2 Å². The fraction of sp³-hybridized carbons (Fsp3) is 0.765. The zero-order valence-electron chi connectivity index (χ0n) is 13.9. The van der Waals surface area contributed by atoms with Crippen LogP contribution in [0.1, 0.15) is 63.1 Å². The zero-order chi connectivity index (χ0) is 15.7. The summed E-state index contributed by atoms with van der Waals surface area (Å²) in [6.07, 6.45) is 9.72. The normalized spacial score (nSPS) is 20.9. The number of nitrogens with two attached hydrogens (primary N) is 2.